The molecule has 384 valence electrons. The molecule has 0 aliphatic rings. The fraction of sp³-hybridized carbons (Fsp3) is 0.803. The monoisotopic (exact) mass is 923 g/mol. The average Bonchev–Trinajstić information content (AvgIpc) is 3.32. The van der Waals surface area contributed by atoms with E-state index in [4.69, 9.17) is 14.2 Å². The van der Waals surface area contributed by atoms with Crippen molar-refractivity contribution in [2.75, 3.05) is 19.8 Å². The molecule has 0 aromatic heterocycles. The Morgan fingerprint density at radius 1 is 0.333 bits per heavy atom. The van der Waals surface area contributed by atoms with E-state index in [1.807, 2.05) is 0 Å². The van der Waals surface area contributed by atoms with Crippen molar-refractivity contribution in [3.63, 3.8) is 0 Å². The highest BCUT2D eigenvalue weighted by Gasteiger charge is 2.17. The van der Waals surface area contributed by atoms with Crippen molar-refractivity contribution in [1.82, 2.24) is 0 Å². The number of esters is 2. The molecule has 0 bridgehead atoms. The quantitative estimate of drug-likeness (QED) is 0.0346. The number of hydrogen-bond donors (Lipinski definition) is 0. The lowest BCUT2D eigenvalue weighted by molar-refractivity contribution is -0.163. The van der Waals surface area contributed by atoms with Crippen LogP contribution in [0.4, 0.5) is 0 Å². The van der Waals surface area contributed by atoms with Gasteiger partial charge in [-0.25, -0.2) is 0 Å². The predicted octanol–water partition coefficient (Wildman–Crippen LogP) is 19.7. The molecular formula is C61H110O5. The molecule has 0 aromatic rings. The number of rotatable bonds is 53. The zero-order valence-corrected chi connectivity index (χ0v) is 44.2. The Morgan fingerprint density at radius 2 is 0.667 bits per heavy atom. The summed E-state index contributed by atoms with van der Waals surface area (Å²) in [6, 6.07) is 0. The summed E-state index contributed by atoms with van der Waals surface area (Å²) in [4.78, 5) is 25.5. The largest absolute Gasteiger partial charge is 0.462 e. The normalized spacial score (nSPS) is 12.6. The summed E-state index contributed by atoms with van der Waals surface area (Å²) in [6.07, 6.45) is 72.3. The van der Waals surface area contributed by atoms with E-state index in [9.17, 15) is 9.59 Å². The van der Waals surface area contributed by atoms with Crippen LogP contribution in [0.25, 0.3) is 0 Å². The summed E-state index contributed by atoms with van der Waals surface area (Å²) < 4.78 is 17.5. The summed E-state index contributed by atoms with van der Waals surface area (Å²) in [7, 11) is 0. The van der Waals surface area contributed by atoms with Crippen LogP contribution in [-0.2, 0) is 23.8 Å². The van der Waals surface area contributed by atoms with Crippen LogP contribution in [0.1, 0.15) is 290 Å². The Morgan fingerprint density at radius 3 is 1.11 bits per heavy atom. The summed E-state index contributed by atoms with van der Waals surface area (Å²) in [6.45, 7) is 7.75. The van der Waals surface area contributed by atoms with Crippen LogP contribution in [-0.4, -0.2) is 37.9 Å². The molecule has 1 atom stereocenters. The fourth-order valence-corrected chi connectivity index (χ4v) is 8.20. The van der Waals surface area contributed by atoms with Gasteiger partial charge < -0.3 is 14.2 Å². The number of carbonyl (C=O) groups excluding carboxylic acids is 2. The first-order chi connectivity index (χ1) is 32.6. The first kappa shape index (κ1) is 63.6. The topological polar surface area (TPSA) is 61.8 Å². The van der Waals surface area contributed by atoms with Crippen LogP contribution in [0, 0.1) is 0 Å². The predicted molar refractivity (Wildman–Crippen MR) is 288 cm³/mol. The third kappa shape index (κ3) is 54.2. The van der Waals surface area contributed by atoms with Gasteiger partial charge in [0.15, 0.2) is 6.10 Å². The first-order valence-electron chi connectivity index (χ1n) is 28.8. The average molecular weight is 924 g/mol. The molecule has 66 heavy (non-hydrogen) atoms. The van der Waals surface area contributed by atoms with Gasteiger partial charge in [-0.2, -0.15) is 0 Å². The van der Waals surface area contributed by atoms with Crippen LogP contribution < -0.4 is 0 Å². The maximum atomic E-state index is 12.9. The second-order valence-electron chi connectivity index (χ2n) is 19.2. The lowest BCUT2D eigenvalue weighted by atomic mass is 10.0. The van der Waals surface area contributed by atoms with Gasteiger partial charge in [0.05, 0.1) is 6.61 Å². The third-order valence-corrected chi connectivity index (χ3v) is 12.5. The molecule has 5 nitrogen and oxygen atoms in total. The van der Waals surface area contributed by atoms with E-state index in [0.717, 1.165) is 70.6 Å². The van der Waals surface area contributed by atoms with Gasteiger partial charge in [-0.3, -0.25) is 9.59 Å². The highest BCUT2D eigenvalue weighted by atomic mass is 16.6. The van der Waals surface area contributed by atoms with Crippen molar-refractivity contribution in [3.8, 4) is 0 Å². The third-order valence-electron chi connectivity index (χ3n) is 12.5. The second-order valence-corrected chi connectivity index (χ2v) is 19.2. The van der Waals surface area contributed by atoms with E-state index in [2.05, 4.69) is 81.5 Å². The molecule has 0 saturated heterocycles. The number of hydrogen-bond acceptors (Lipinski definition) is 5. The number of unbranched alkanes of at least 4 members (excludes halogenated alkanes) is 32. The van der Waals surface area contributed by atoms with Crippen molar-refractivity contribution < 1.29 is 23.8 Å². The Hall–Kier alpha value is -2.40. The molecule has 0 aliphatic carbocycles. The maximum absolute atomic E-state index is 12.9. The van der Waals surface area contributed by atoms with E-state index in [1.165, 1.54) is 186 Å². The highest BCUT2D eigenvalue weighted by molar-refractivity contribution is 5.70. The summed E-state index contributed by atoms with van der Waals surface area (Å²) in [5, 5.41) is 0. The fourth-order valence-electron chi connectivity index (χ4n) is 8.20. The van der Waals surface area contributed by atoms with Crippen LogP contribution in [0.2, 0.25) is 0 Å². The molecule has 0 aliphatic heterocycles. The second kappa shape index (κ2) is 56.9. The SMILES string of the molecule is CCC/C=C\C/C=C\CCCCCCCCOCC(COC(=O)CCCCCCCC/C=C\C/C=C\C/C=C\CCCCC)OC(=O)CCCCCCCCCCCCCCCCCCC. The maximum Gasteiger partial charge on any atom is 0.306 e. The molecular weight excluding hydrogens is 813 g/mol. The van der Waals surface area contributed by atoms with E-state index in [0.29, 0.717) is 19.4 Å². The Balaban J connectivity index is 4.27. The van der Waals surface area contributed by atoms with E-state index in [1.54, 1.807) is 0 Å². The zero-order valence-electron chi connectivity index (χ0n) is 44.2. The van der Waals surface area contributed by atoms with Gasteiger partial charge in [0.25, 0.3) is 0 Å². The lowest BCUT2D eigenvalue weighted by Crippen LogP contribution is -2.30. The Labute approximate surface area is 411 Å². The van der Waals surface area contributed by atoms with Crippen molar-refractivity contribution in [2.45, 2.75) is 297 Å². The number of ether oxygens (including phenoxy) is 3. The molecule has 5 heteroatoms. The summed E-state index contributed by atoms with van der Waals surface area (Å²) in [5.74, 6) is -0.405. The van der Waals surface area contributed by atoms with Crippen molar-refractivity contribution in [2.24, 2.45) is 0 Å². The Kier molecular flexibility index (Phi) is 54.9. The zero-order chi connectivity index (χ0) is 47.7. The smallest absolute Gasteiger partial charge is 0.306 e. The van der Waals surface area contributed by atoms with E-state index >= 15 is 0 Å². The molecule has 0 heterocycles. The molecule has 0 fully saturated rings. The van der Waals surface area contributed by atoms with Crippen LogP contribution >= 0.6 is 0 Å². The minimum Gasteiger partial charge on any atom is -0.462 e. The van der Waals surface area contributed by atoms with Crippen LogP contribution in [0.5, 0.6) is 0 Å². The Bertz CT molecular complexity index is 1130. The molecule has 0 amide bonds. The van der Waals surface area contributed by atoms with Crippen LogP contribution in [0.15, 0.2) is 60.8 Å². The van der Waals surface area contributed by atoms with Gasteiger partial charge in [0, 0.05) is 19.4 Å². The molecule has 0 N–H and O–H groups in total. The molecule has 1 unspecified atom stereocenters. The minimum absolute atomic E-state index is 0.0760. The summed E-state index contributed by atoms with van der Waals surface area (Å²) in [5.41, 5.74) is 0. The highest BCUT2D eigenvalue weighted by Crippen LogP contribution is 2.16. The van der Waals surface area contributed by atoms with Crippen molar-refractivity contribution in [1.29, 1.82) is 0 Å². The van der Waals surface area contributed by atoms with Gasteiger partial charge in [-0.15, -0.1) is 0 Å². The number of carbonyl (C=O) groups is 2. The first-order valence-corrected chi connectivity index (χ1v) is 28.8. The van der Waals surface area contributed by atoms with E-state index in [-0.39, 0.29) is 25.2 Å². The molecule has 0 rings (SSSR count). The van der Waals surface area contributed by atoms with Gasteiger partial charge in [0.2, 0.25) is 0 Å². The standard InChI is InChI=1S/C61H110O5/c1-4-7-10-13-16-19-22-25-28-30-31-33-34-36-39-42-45-48-51-54-60(62)65-58-59(57-64-56-53-50-47-44-41-38-27-24-21-18-15-12-9-6-3)66-61(63)55-52-49-46-43-40-37-35-32-29-26-23-20-17-14-11-8-5-2/h12,15-16,19,21,24-25,28,31,33,59H,4-11,13-14,17-18,20,22-23,26-27,29-30,32,34-58H2,1-3H3/b15-12-,19-16-,24-21-,28-25-,33-31-. The van der Waals surface area contributed by atoms with Crippen molar-refractivity contribution >= 4 is 11.9 Å². The van der Waals surface area contributed by atoms with Crippen molar-refractivity contribution in [3.05, 3.63) is 60.8 Å². The lowest BCUT2D eigenvalue weighted by Gasteiger charge is -2.18. The summed E-state index contributed by atoms with van der Waals surface area (Å²) >= 11 is 0. The minimum atomic E-state index is -0.547. The van der Waals surface area contributed by atoms with Gasteiger partial charge in [-0.1, -0.05) is 255 Å². The molecule has 0 spiro atoms. The van der Waals surface area contributed by atoms with Gasteiger partial charge in [0.1, 0.15) is 6.61 Å². The van der Waals surface area contributed by atoms with Gasteiger partial charge in [-0.05, 0) is 83.5 Å². The van der Waals surface area contributed by atoms with Crippen LogP contribution in [0.3, 0.4) is 0 Å². The molecule has 0 saturated carbocycles. The number of allylic oxidation sites excluding steroid dienone is 10. The van der Waals surface area contributed by atoms with Gasteiger partial charge >= 0.3 is 11.9 Å². The molecule has 0 aromatic carbocycles. The molecule has 0 radical (unpaired) electrons. The van der Waals surface area contributed by atoms with E-state index < -0.39 is 6.10 Å².